The third kappa shape index (κ3) is 22.9. The number of aliphatic hydroxyl groups is 1. The molecule has 2 aliphatic rings. The maximum absolute atomic E-state index is 13.2. The van der Waals surface area contributed by atoms with Crippen LogP contribution in [0, 0.1) is 11.8 Å². The molecule has 2 fully saturated rings. The first-order valence-corrected chi connectivity index (χ1v) is 30.1. The zero-order chi connectivity index (χ0) is 64.3. The molecule has 472 valence electrons. The van der Waals surface area contributed by atoms with Gasteiger partial charge in [0.15, 0.2) is 0 Å². The van der Waals surface area contributed by atoms with Gasteiger partial charge in [0.2, 0.25) is 23.6 Å². The van der Waals surface area contributed by atoms with E-state index < -0.39 is 78.1 Å². The molecule has 2 saturated heterocycles. The lowest BCUT2D eigenvalue weighted by Crippen LogP contribution is -2.61. The summed E-state index contributed by atoms with van der Waals surface area (Å²) in [6, 6.07) is 10.8. The summed E-state index contributed by atoms with van der Waals surface area (Å²) in [5.74, 6) is -3.86. The highest BCUT2D eigenvalue weighted by molar-refractivity contribution is 5.93. The number of carboxylic acids is 1. The number of carbonyl (C=O) groups excluding carboxylic acids is 7. The van der Waals surface area contributed by atoms with Crippen molar-refractivity contribution in [1.29, 1.82) is 0 Å². The fourth-order valence-electron chi connectivity index (χ4n) is 9.56. The molecule has 2 aromatic heterocycles. The second-order valence-electron chi connectivity index (χ2n) is 22.7. The number of allylic oxidation sites excluding steroid dienone is 2. The van der Waals surface area contributed by atoms with Crippen LogP contribution in [0.1, 0.15) is 167 Å². The van der Waals surface area contributed by atoms with Crippen molar-refractivity contribution in [3.63, 3.8) is 0 Å². The van der Waals surface area contributed by atoms with Crippen LogP contribution in [-0.4, -0.2) is 127 Å². The average Bonchev–Trinajstić information content (AvgIpc) is 3.05. The Morgan fingerprint density at radius 3 is 1.44 bits per heavy atom. The molecular formula is C66H92N10O11. The van der Waals surface area contributed by atoms with Gasteiger partial charge in [-0.3, -0.25) is 58.3 Å². The van der Waals surface area contributed by atoms with Crippen molar-refractivity contribution in [3.05, 3.63) is 122 Å². The van der Waals surface area contributed by atoms with E-state index in [1.807, 2.05) is 95.4 Å². The number of pyridine rings is 2. The van der Waals surface area contributed by atoms with Gasteiger partial charge in [-0.05, 0) is 162 Å². The second-order valence-corrected chi connectivity index (χ2v) is 22.7. The molecular weight excluding hydrogens is 1110 g/mol. The molecule has 6 rings (SSSR count). The van der Waals surface area contributed by atoms with Crippen LogP contribution in [0.25, 0.3) is 33.7 Å². The number of hydrogen-bond acceptors (Lipinski definition) is 14. The summed E-state index contributed by atoms with van der Waals surface area (Å²) in [6.45, 7) is 29.5. The van der Waals surface area contributed by atoms with Crippen molar-refractivity contribution in [2.24, 2.45) is 11.8 Å². The molecule has 21 heteroatoms. The minimum atomic E-state index is -1.02. The number of nitrogens with one attached hydrogen (secondary N) is 6. The number of nitrogens with zero attached hydrogens (tertiary/aromatic N) is 4. The molecule has 6 amide bonds. The molecule has 0 unspecified atom stereocenters. The minimum absolute atomic E-state index is 0.154. The van der Waals surface area contributed by atoms with Crippen LogP contribution < -0.4 is 32.1 Å². The Hall–Kier alpha value is -8.14. The Balaban J connectivity index is 0.000000314. The maximum atomic E-state index is 13.2. The van der Waals surface area contributed by atoms with Gasteiger partial charge in [-0.25, -0.2) is 10.9 Å². The Morgan fingerprint density at radius 1 is 0.598 bits per heavy atom. The monoisotopic (exact) mass is 1200 g/mol. The molecule has 4 aromatic rings. The first-order valence-electron chi connectivity index (χ1n) is 30.1. The number of rotatable bonds is 27. The van der Waals surface area contributed by atoms with E-state index in [4.69, 9.17) is 9.84 Å². The summed E-state index contributed by atoms with van der Waals surface area (Å²) >= 11 is 0. The highest BCUT2D eigenvalue weighted by Crippen LogP contribution is 2.25. The number of benzene rings is 2. The van der Waals surface area contributed by atoms with Crippen LogP contribution in [0.5, 0.6) is 0 Å². The number of aliphatic hydroxyl groups excluding tert-OH is 1. The van der Waals surface area contributed by atoms with Crippen molar-refractivity contribution >= 4 is 81.1 Å². The van der Waals surface area contributed by atoms with Crippen LogP contribution in [0.2, 0.25) is 0 Å². The first-order chi connectivity index (χ1) is 41.4. The predicted molar refractivity (Wildman–Crippen MR) is 338 cm³/mol. The smallest absolute Gasteiger partial charge is 0.325 e. The van der Waals surface area contributed by atoms with Crippen molar-refractivity contribution in [1.82, 2.24) is 52.1 Å². The van der Waals surface area contributed by atoms with Crippen molar-refractivity contribution in [2.75, 3.05) is 13.1 Å². The van der Waals surface area contributed by atoms with E-state index in [9.17, 15) is 43.5 Å². The lowest BCUT2D eigenvalue weighted by atomic mass is 10.0. The summed E-state index contributed by atoms with van der Waals surface area (Å²) in [5.41, 5.74) is 9.04. The van der Waals surface area contributed by atoms with E-state index in [-0.39, 0.29) is 29.6 Å². The fraction of sp³-hybridized carbons (Fsp3) is 0.485. The van der Waals surface area contributed by atoms with Gasteiger partial charge in [-0.15, -0.1) is 13.2 Å². The van der Waals surface area contributed by atoms with Crippen LogP contribution in [0.3, 0.4) is 0 Å². The Bertz CT molecular complexity index is 3040. The SMILES string of the molecule is C=CCCCCC(=O)N[C@H](C(=O)N[C@@H](C)C(=O)N1CCC[C@@H](C(=O)O)N1)C(C)C.C=CCCCCC(=O)N[C@H](C(=O)N[C@@H](C)C(=O)N1CCC[C@@H](C(=O)O[C@H](C)c2ccc3cnc(C=C)cc3c2)N1)C(C)C.C=Cc1cc2cc([C@@H](C)O)ccc2cn1. The second kappa shape index (κ2) is 36.1. The van der Waals surface area contributed by atoms with Crippen molar-refractivity contribution in [3.8, 4) is 0 Å². The quantitative estimate of drug-likeness (QED) is 0.0158. The standard InChI is InChI=1S/C33H45N5O5.C20H34N4O5.C13H13NO/c1-7-9-10-11-14-29(39)36-30(21(3)4)31(40)35-22(5)32(41)38-17-12-13-28(37-38)33(42)43-23(6)24-15-16-25-20-34-27(8-2)19-26(25)18-24;1-5-6-7-8-11-16(25)22-17(13(2)3)18(26)21-14(4)19(27)24-12-9-10-15(23-24)20(28)29;1-3-13-7-12-6-10(9(2)15)4-5-11(12)8-14-13/h7-8,15-16,18-23,28,30,37H,1-2,9-14,17H2,3-6H3,(H,35,40)(H,36,39);5,13-15,17,23H,1,6-12H2,2-4H3,(H,21,26)(H,22,25)(H,28,29);3-9,15H,1H2,2H3/t22-,23+,28-,30-;14-,15-,17-;9-/m001/s1. The first kappa shape index (κ1) is 71.3. The number of ether oxygens (including phenoxy) is 1. The Morgan fingerprint density at radius 2 is 1.02 bits per heavy atom. The number of amides is 6. The van der Waals surface area contributed by atoms with Gasteiger partial charge < -0.3 is 36.2 Å². The summed E-state index contributed by atoms with van der Waals surface area (Å²) < 4.78 is 5.78. The molecule has 0 bridgehead atoms. The number of hydrogen-bond donors (Lipinski definition) is 8. The summed E-state index contributed by atoms with van der Waals surface area (Å²) in [5, 5.41) is 36.2. The van der Waals surface area contributed by atoms with Crippen LogP contribution >= 0.6 is 0 Å². The molecule has 0 radical (unpaired) electrons. The van der Waals surface area contributed by atoms with Crippen LogP contribution in [-0.2, 0) is 43.1 Å². The molecule has 0 saturated carbocycles. The average molecular weight is 1200 g/mol. The van der Waals surface area contributed by atoms with Crippen LogP contribution in [0.15, 0.2) is 99.4 Å². The Kier molecular flexibility index (Phi) is 29.6. The molecule has 0 aliphatic carbocycles. The minimum Gasteiger partial charge on any atom is -0.480 e. The normalized spacial score (nSPS) is 16.8. The van der Waals surface area contributed by atoms with E-state index >= 15 is 0 Å². The molecule has 4 heterocycles. The summed E-state index contributed by atoms with van der Waals surface area (Å²) in [7, 11) is 0. The van der Waals surface area contributed by atoms with E-state index in [1.54, 1.807) is 45.2 Å². The fourth-order valence-corrected chi connectivity index (χ4v) is 9.56. The maximum Gasteiger partial charge on any atom is 0.325 e. The van der Waals surface area contributed by atoms with Gasteiger partial charge in [0.05, 0.1) is 17.5 Å². The van der Waals surface area contributed by atoms with Crippen LogP contribution in [0.4, 0.5) is 0 Å². The molecule has 21 nitrogen and oxygen atoms in total. The van der Waals surface area contributed by atoms with Gasteiger partial charge in [-0.2, -0.15) is 0 Å². The number of unbranched alkanes of at least 4 members (excludes halogenated alkanes) is 4. The Labute approximate surface area is 512 Å². The largest absolute Gasteiger partial charge is 0.480 e. The molecule has 87 heavy (non-hydrogen) atoms. The predicted octanol–water partition coefficient (Wildman–Crippen LogP) is 8.26. The summed E-state index contributed by atoms with van der Waals surface area (Å²) in [4.78, 5) is 109. The van der Waals surface area contributed by atoms with Crippen molar-refractivity contribution < 1.29 is 53.3 Å². The number of carbonyl (C=O) groups is 8. The van der Waals surface area contributed by atoms with Gasteiger partial charge in [0.25, 0.3) is 11.8 Å². The van der Waals surface area contributed by atoms with Gasteiger partial charge >= 0.3 is 11.9 Å². The third-order valence-corrected chi connectivity index (χ3v) is 14.8. The van der Waals surface area contributed by atoms with Gasteiger partial charge in [0, 0.05) is 49.1 Å². The zero-order valence-corrected chi connectivity index (χ0v) is 51.9. The number of aliphatic carboxylic acids is 1. The molecule has 8 atom stereocenters. The van der Waals surface area contributed by atoms with Gasteiger partial charge in [-0.1, -0.05) is 77.3 Å². The number of fused-ring (bicyclic) bond motifs is 2. The van der Waals surface area contributed by atoms with E-state index in [2.05, 4.69) is 68.4 Å². The lowest BCUT2D eigenvalue weighted by Gasteiger charge is -2.35. The molecule has 2 aromatic carbocycles. The molecule has 0 spiro atoms. The topological polar surface area (TPSA) is 291 Å². The van der Waals surface area contributed by atoms with E-state index in [1.165, 1.54) is 10.0 Å². The highest BCUT2D eigenvalue weighted by atomic mass is 16.5. The lowest BCUT2D eigenvalue weighted by molar-refractivity contribution is -0.157. The summed E-state index contributed by atoms with van der Waals surface area (Å²) in [6.07, 6.45) is 17.2. The number of aromatic nitrogens is 2. The number of esters is 1. The molecule has 2 aliphatic heterocycles. The molecule has 8 N–H and O–H groups in total. The van der Waals surface area contributed by atoms with Crippen molar-refractivity contribution in [2.45, 2.75) is 181 Å². The van der Waals surface area contributed by atoms with E-state index in [0.29, 0.717) is 64.5 Å². The number of hydrazine groups is 2. The highest BCUT2D eigenvalue weighted by Gasteiger charge is 2.35. The third-order valence-electron chi connectivity index (χ3n) is 14.8. The van der Waals surface area contributed by atoms with Gasteiger partial charge in [0.1, 0.15) is 42.4 Å². The van der Waals surface area contributed by atoms with E-state index in [0.717, 1.165) is 69.7 Å². The number of carboxylic acid groups (broad SMARTS) is 1. The zero-order valence-electron chi connectivity index (χ0n) is 51.9.